The van der Waals surface area contributed by atoms with Crippen molar-refractivity contribution in [1.29, 1.82) is 0 Å². The molecule has 0 fully saturated rings. The lowest BCUT2D eigenvalue weighted by atomic mass is 10.2. The molecule has 0 N–H and O–H groups in total. The Bertz CT molecular complexity index is 284. The number of hydrogen-bond acceptors (Lipinski definition) is 4. The molecule has 19 heavy (non-hydrogen) atoms. The SMILES string of the molecule is CCC(Cl)CC(=O)OCC(C)OC(=O)CC(Cl)CC. The predicted octanol–water partition coefficient (Wildman–Crippen LogP) is 3.28. The first-order chi connectivity index (χ1) is 8.88. The van der Waals surface area contributed by atoms with Gasteiger partial charge in [0.05, 0.1) is 12.8 Å². The molecule has 0 amide bonds. The molecule has 0 aromatic carbocycles. The summed E-state index contributed by atoms with van der Waals surface area (Å²) >= 11 is 11.7. The van der Waals surface area contributed by atoms with E-state index >= 15 is 0 Å². The van der Waals surface area contributed by atoms with Crippen LogP contribution in [-0.4, -0.2) is 35.4 Å². The number of esters is 2. The number of alkyl halides is 2. The number of carbonyl (C=O) groups is 2. The van der Waals surface area contributed by atoms with E-state index in [1.807, 2.05) is 13.8 Å². The van der Waals surface area contributed by atoms with Crippen LogP contribution in [0.1, 0.15) is 46.5 Å². The molecule has 0 aliphatic heterocycles. The van der Waals surface area contributed by atoms with E-state index in [-0.39, 0.29) is 42.1 Å². The van der Waals surface area contributed by atoms with E-state index in [0.717, 1.165) is 0 Å². The van der Waals surface area contributed by atoms with Gasteiger partial charge in [0, 0.05) is 10.8 Å². The van der Waals surface area contributed by atoms with Crippen LogP contribution in [0.3, 0.4) is 0 Å². The standard InChI is InChI=1S/C13H22Cl2O4/c1-4-10(14)6-12(16)18-8-9(3)19-13(17)7-11(15)5-2/h9-11H,4-8H2,1-3H3. The molecular weight excluding hydrogens is 291 g/mol. The number of rotatable bonds is 9. The van der Waals surface area contributed by atoms with E-state index in [0.29, 0.717) is 12.8 Å². The monoisotopic (exact) mass is 312 g/mol. The number of hydrogen-bond donors (Lipinski definition) is 0. The zero-order chi connectivity index (χ0) is 14.8. The quantitative estimate of drug-likeness (QED) is 0.484. The number of ether oxygens (including phenoxy) is 2. The van der Waals surface area contributed by atoms with Gasteiger partial charge in [0.1, 0.15) is 12.7 Å². The first kappa shape index (κ1) is 18.5. The summed E-state index contributed by atoms with van der Waals surface area (Å²) in [5, 5.41) is -0.435. The smallest absolute Gasteiger partial charge is 0.307 e. The van der Waals surface area contributed by atoms with Gasteiger partial charge in [-0.2, -0.15) is 0 Å². The van der Waals surface area contributed by atoms with E-state index in [2.05, 4.69) is 0 Å². The van der Waals surface area contributed by atoms with Crippen molar-refractivity contribution in [3.63, 3.8) is 0 Å². The summed E-state index contributed by atoms with van der Waals surface area (Å²) in [6, 6.07) is 0. The van der Waals surface area contributed by atoms with Crippen molar-refractivity contribution in [2.75, 3.05) is 6.61 Å². The maximum atomic E-state index is 11.4. The summed E-state index contributed by atoms with van der Waals surface area (Å²) < 4.78 is 10.0. The van der Waals surface area contributed by atoms with E-state index in [1.54, 1.807) is 6.92 Å². The van der Waals surface area contributed by atoms with Crippen LogP contribution in [0.25, 0.3) is 0 Å². The second kappa shape index (κ2) is 10.3. The Balaban J connectivity index is 3.83. The fourth-order valence-electron chi connectivity index (χ4n) is 1.23. The third-order valence-corrected chi connectivity index (χ3v) is 3.40. The van der Waals surface area contributed by atoms with Crippen molar-refractivity contribution in [2.24, 2.45) is 0 Å². The third-order valence-electron chi connectivity index (χ3n) is 2.47. The van der Waals surface area contributed by atoms with Crippen molar-refractivity contribution < 1.29 is 19.1 Å². The largest absolute Gasteiger partial charge is 0.462 e. The maximum Gasteiger partial charge on any atom is 0.307 e. The lowest BCUT2D eigenvalue weighted by molar-refractivity contribution is -0.158. The van der Waals surface area contributed by atoms with Gasteiger partial charge in [-0.1, -0.05) is 13.8 Å². The molecule has 3 atom stereocenters. The molecule has 6 heteroatoms. The molecule has 3 unspecified atom stereocenters. The molecule has 0 aromatic rings. The minimum absolute atomic E-state index is 0.0387. The predicted molar refractivity (Wildman–Crippen MR) is 75.6 cm³/mol. The molecule has 0 heterocycles. The number of halogens is 2. The highest BCUT2D eigenvalue weighted by atomic mass is 35.5. The van der Waals surface area contributed by atoms with Crippen LogP contribution in [0.5, 0.6) is 0 Å². The first-order valence-corrected chi connectivity index (χ1v) is 7.39. The Hall–Kier alpha value is -0.480. The highest BCUT2D eigenvalue weighted by molar-refractivity contribution is 6.21. The van der Waals surface area contributed by atoms with Crippen LogP contribution in [-0.2, 0) is 19.1 Å². The number of carbonyl (C=O) groups excluding carboxylic acids is 2. The lowest BCUT2D eigenvalue weighted by Crippen LogP contribution is -2.24. The summed E-state index contributed by atoms with van der Waals surface area (Å²) in [6.07, 6.45) is 1.25. The van der Waals surface area contributed by atoms with Crippen LogP contribution < -0.4 is 0 Å². The molecule has 0 saturated carbocycles. The Morgan fingerprint density at radius 3 is 1.95 bits per heavy atom. The average Bonchev–Trinajstić information content (AvgIpc) is 2.35. The van der Waals surface area contributed by atoms with Crippen LogP contribution in [0, 0.1) is 0 Å². The maximum absolute atomic E-state index is 11.4. The molecule has 0 aliphatic carbocycles. The molecule has 0 spiro atoms. The zero-order valence-corrected chi connectivity index (χ0v) is 13.2. The Kier molecular flexibility index (Phi) is 10.1. The van der Waals surface area contributed by atoms with E-state index in [9.17, 15) is 9.59 Å². The molecule has 112 valence electrons. The summed E-state index contributed by atoms with van der Waals surface area (Å²) in [5.41, 5.74) is 0. The van der Waals surface area contributed by atoms with Gasteiger partial charge < -0.3 is 9.47 Å². The second-order valence-electron chi connectivity index (χ2n) is 4.40. The molecule has 4 nitrogen and oxygen atoms in total. The van der Waals surface area contributed by atoms with Gasteiger partial charge in [0.15, 0.2) is 0 Å². The minimum atomic E-state index is -0.479. The van der Waals surface area contributed by atoms with Crippen LogP contribution >= 0.6 is 23.2 Å². The lowest BCUT2D eigenvalue weighted by Gasteiger charge is -2.15. The summed E-state index contributed by atoms with van der Waals surface area (Å²) in [7, 11) is 0. The third kappa shape index (κ3) is 10.0. The molecule has 0 radical (unpaired) electrons. The second-order valence-corrected chi connectivity index (χ2v) is 5.64. The van der Waals surface area contributed by atoms with Crippen LogP contribution in [0.2, 0.25) is 0 Å². The zero-order valence-electron chi connectivity index (χ0n) is 11.7. The average molecular weight is 313 g/mol. The van der Waals surface area contributed by atoms with Gasteiger partial charge in [0.2, 0.25) is 0 Å². The molecule has 0 rings (SSSR count). The molecular formula is C13H22Cl2O4. The Morgan fingerprint density at radius 2 is 1.47 bits per heavy atom. The summed E-state index contributed by atoms with van der Waals surface area (Å²) in [6.45, 7) is 5.49. The fourth-order valence-corrected chi connectivity index (χ4v) is 1.48. The van der Waals surface area contributed by atoms with Gasteiger partial charge in [-0.3, -0.25) is 9.59 Å². The van der Waals surface area contributed by atoms with Crippen molar-refractivity contribution in [1.82, 2.24) is 0 Å². The van der Waals surface area contributed by atoms with Gasteiger partial charge in [-0.15, -0.1) is 23.2 Å². The van der Waals surface area contributed by atoms with Gasteiger partial charge in [0.25, 0.3) is 0 Å². The van der Waals surface area contributed by atoms with Gasteiger partial charge >= 0.3 is 11.9 Å². The fraction of sp³-hybridized carbons (Fsp3) is 0.846. The minimum Gasteiger partial charge on any atom is -0.462 e. The normalized spacial score (nSPS) is 15.4. The Morgan fingerprint density at radius 1 is 1.00 bits per heavy atom. The highest BCUT2D eigenvalue weighted by Crippen LogP contribution is 2.10. The molecule has 0 aliphatic rings. The topological polar surface area (TPSA) is 52.6 Å². The first-order valence-electron chi connectivity index (χ1n) is 6.52. The summed E-state index contributed by atoms with van der Waals surface area (Å²) in [5.74, 6) is -0.761. The van der Waals surface area contributed by atoms with E-state index in [4.69, 9.17) is 32.7 Å². The van der Waals surface area contributed by atoms with Crippen LogP contribution in [0.15, 0.2) is 0 Å². The molecule has 0 aromatic heterocycles. The van der Waals surface area contributed by atoms with Gasteiger partial charge in [-0.25, -0.2) is 0 Å². The summed E-state index contributed by atoms with van der Waals surface area (Å²) in [4.78, 5) is 22.8. The Labute approximate surface area is 124 Å². The van der Waals surface area contributed by atoms with Crippen LogP contribution in [0.4, 0.5) is 0 Å². The molecule has 0 saturated heterocycles. The van der Waals surface area contributed by atoms with Gasteiger partial charge in [-0.05, 0) is 19.8 Å². The van der Waals surface area contributed by atoms with Crippen molar-refractivity contribution >= 4 is 35.1 Å². The van der Waals surface area contributed by atoms with Crippen molar-refractivity contribution in [2.45, 2.75) is 63.3 Å². The van der Waals surface area contributed by atoms with Crippen molar-refractivity contribution in [3.8, 4) is 0 Å². The van der Waals surface area contributed by atoms with E-state index in [1.165, 1.54) is 0 Å². The van der Waals surface area contributed by atoms with Crippen molar-refractivity contribution in [3.05, 3.63) is 0 Å². The van der Waals surface area contributed by atoms with E-state index < -0.39 is 6.10 Å². The highest BCUT2D eigenvalue weighted by Gasteiger charge is 2.16. The molecule has 0 bridgehead atoms.